The second-order valence-corrected chi connectivity index (χ2v) is 8.40. The minimum absolute atomic E-state index is 0.0431. The van der Waals surface area contributed by atoms with E-state index >= 15 is 4.39 Å². The number of nitrogens with zero attached hydrogens (tertiary/aromatic N) is 2. The van der Waals surface area contributed by atoms with Crippen LogP contribution < -0.4 is 27.0 Å². The SMILES string of the molecule is Nc1nn(-c2cc(Cl)c(Oc3ccc4c(c3F)C3(CCC3)C(=O)N4)c(Cl)c2)c(=O)[nH]c1=O. The molecule has 1 amide bonds. The number of benzene rings is 2. The number of carbonyl (C=O) groups is 1. The second kappa shape index (κ2) is 7.07. The van der Waals surface area contributed by atoms with Crippen molar-refractivity contribution in [2.45, 2.75) is 24.7 Å². The fraction of sp³-hybridized carbons (Fsp3) is 0.200. The smallest absolute Gasteiger partial charge is 0.349 e. The van der Waals surface area contributed by atoms with Gasteiger partial charge >= 0.3 is 5.69 Å². The van der Waals surface area contributed by atoms with Crippen LogP contribution in [0.15, 0.2) is 33.9 Å². The predicted octanol–water partition coefficient (Wildman–Crippen LogP) is 3.12. The first-order valence-corrected chi connectivity index (χ1v) is 10.3. The molecule has 2 aromatic carbocycles. The summed E-state index contributed by atoms with van der Waals surface area (Å²) in [5, 5.41) is 6.35. The number of rotatable bonds is 3. The first-order chi connectivity index (χ1) is 15.2. The molecule has 2 heterocycles. The highest BCUT2D eigenvalue weighted by Crippen LogP contribution is 2.53. The van der Waals surface area contributed by atoms with Crippen LogP contribution in [0.5, 0.6) is 11.5 Å². The van der Waals surface area contributed by atoms with Crippen molar-refractivity contribution in [3.05, 3.63) is 66.5 Å². The lowest BCUT2D eigenvalue weighted by molar-refractivity contribution is -0.123. The molecule has 1 aromatic heterocycles. The molecule has 0 bridgehead atoms. The van der Waals surface area contributed by atoms with Crippen molar-refractivity contribution in [1.29, 1.82) is 0 Å². The number of aromatic nitrogens is 3. The maximum atomic E-state index is 15.4. The number of ether oxygens (including phenoxy) is 1. The van der Waals surface area contributed by atoms with E-state index in [2.05, 4.69) is 10.4 Å². The second-order valence-electron chi connectivity index (χ2n) is 7.59. The van der Waals surface area contributed by atoms with Gasteiger partial charge in [-0.1, -0.05) is 29.6 Å². The Bertz CT molecular complexity index is 1410. The molecule has 3 aromatic rings. The Balaban J connectivity index is 1.55. The number of hydrogen-bond acceptors (Lipinski definition) is 6. The third-order valence-corrected chi connectivity index (χ3v) is 6.33. The number of H-pyrrole nitrogens is 1. The van der Waals surface area contributed by atoms with Crippen molar-refractivity contribution in [1.82, 2.24) is 14.8 Å². The third kappa shape index (κ3) is 2.90. The number of halogens is 3. The van der Waals surface area contributed by atoms with Gasteiger partial charge in [0.25, 0.3) is 5.56 Å². The molecular weight excluding hydrogens is 464 g/mol. The predicted molar refractivity (Wildman–Crippen MR) is 116 cm³/mol. The first kappa shape index (κ1) is 20.5. The summed E-state index contributed by atoms with van der Waals surface area (Å²) in [6.45, 7) is 0. The number of nitrogens with two attached hydrogens (primary N) is 1. The molecule has 0 atom stereocenters. The number of anilines is 2. The van der Waals surface area contributed by atoms with Crippen LogP contribution in [0.25, 0.3) is 5.69 Å². The van der Waals surface area contributed by atoms with Crippen molar-refractivity contribution in [3.8, 4) is 17.2 Å². The van der Waals surface area contributed by atoms with Gasteiger partial charge in [0, 0.05) is 11.3 Å². The average molecular weight is 478 g/mol. The zero-order valence-corrected chi connectivity index (χ0v) is 17.7. The van der Waals surface area contributed by atoms with Crippen molar-refractivity contribution < 1.29 is 13.9 Å². The molecule has 1 aliphatic heterocycles. The summed E-state index contributed by atoms with van der Waals surface area (Å²) in [7, 11) is 0. The van der Waals surface area contributed by atoms with Gasteiger partial charge in [-0.25, -0.2) is 9.18 Å². The topological polar surface area (TPSA) is 132 Å². The van der Waals surface area contributed by atoms with Crippen LogP contribution >= 0.6 is 23.2 Å². The van der Waals surface area contributed by atoms with Gasteiger partial charge in [-0.05, 0) is 37.1 Å². The Morgan fingerprint density at radius 3 is 2.47 bits per heavy atom. The lowest BCUT2D eigenvalue weighted by atomic mass is 9.65. The summed E-state index contributed by atoms with van der Waals surface area (Å²) in [5.41, 5.74) is 3.74. The Labute approximate surface area is 188 Å². The lowest BCUT2D eigenvalue weighted by Crippen LogP contribution is -2.41. The first-order valence-electron chi connectivity index (χ1n) is 9.52. The lowest BCUT2D eigenvalue weighted by Gasteiger charge is -2.36. The van der Waals surface area contributed by atoms with Crippen molar-refractivity contribution in [3.63, 3.8) is 0 Å². The normalized spacial score (nSPS) is 15.9. The number of carbonyl (C=O) groups excluding carboxylic acids is 1. The van der Waals surface area contributed by atoms with Crippen LogP contribution in [0, 0.1) is 5.82 Å². The Kier molecular flexibility index (Phi) is 4.54. The van der Waals surface area contributed by atoms with E-state index < -0.39 is 28.3 Å². The highest BCUT2D eigenvalue weighted by atomic mass is 35.5. The van der Waals surface area contributed by atoms with E-state index in [0.717, 1.165) is 11.1 Å². The van der Waals surface area contributed by atoms with Gasteiger partial charge in [-0.2, -0.15) is 4.68 Å². The van der Waals surface area contributed by atoms with Gasteiger partial charge in [0.15, 0.2) is 17.3 Å². The third-order valence-electron chi connectivity index (χ3n) is 5.77. The summed E-state index contributed by atoms with van der Waals surface area (Å²) >= 11 is 12.6. The Morgan fingerprint density at radius 1 is 1.16 bits per heavy atom. The summed E-state index contributed by atoms with van der Waals surface area (Å²) < 4.78 is 21.9. The molecule has 1 saturated carbocycles. The van der Waals surface area contributed by atoms with Crippen molar-refractivity contribution >= 4 is 40.6 Å². The Hall–Kier alpha value is -3.37. The van der Waals surface area contributed by atoms with Crippen LogP contribution in [0.1, 0.15) is 24.8 Å². The van der Waals surface area contributed by atoms with E-state index in [1.807, 2.05) is 4.98 Å². The van der Waals surface area contributed by atoms with E-state index in [4.69, 9.17) is 33.7 Å². The molecule has 1 fully saturated rings. The number of nitrogens with one attached hydrogen (secondary N) is 2. The molecule has 164 valence electrons. The number of aromatic amines is 1. The van der Waals surface area contributed by atoms with E-state index in [1.165, 1.54) is 18.2 Å². The summed E-state index contributed by atoms with van der Waals surface area (Å²) in [6, 6.07) is 5.56. The maximum absolute atomic E-state index is 15.4. The highest BCUT2D eigenvalue weighted by molar-refractivity contribution is 6.37. The summed E-state index contributed by atoms with van der Waals surface area (Å²) in [6.07, 6.45) is 1.96. The largest absolute Gasteiger partial charge is 0.451 e. The van der Waals surface area contributed by atoms with E-state index in [9.17, 15) is 14.4 Å². The molecule has 5 rings (SSSR count). The fourth-order valence-corrected chi connectivity index (χ4v) is 4.59. The number of nitrogen functional groups attached to an aromatic ring is 1. The minimum Gasteiger partial charge on any atom is -0.451 e. The minimum atomic E-state index is -0.868. The molecule has 0 saturated heterocycles. The summed E-state index contributed by atoms with van der Waals surface area (Å²) in [5.74, 6) is -1.50. The van der Waals surface area contributed by atoms with Crippen molar-refractivity contribution in [2.24, 2.45) is 0 Å². The van der Waals surface area contributed by atoms with Gasteiger partial charge in [0.1, 0.15) is 0 Å². The van der Waals surface area contributed by atoms with Crippen molar-refractivity contribution in [2.75, 3.05) is 11.1 Å². The zero-order chi connectivity index (χ0) is 22.8. The van der Waals surface area contributed by atoms with Gasteiger partial charge in [-0.15, -0.1) is 5.10 Å². The molecule has 12 heteroatoms. The highest BCUT2D eigenvalue weighted by Gasteiger charge is 2.53. The van der Waals surface area contributed by atoms with Crippen LogP contribution in [0.3, 0.4) is 0 Å². The molecule has 1 aliphatic carbocycles. The quantitative estimate of drug-likeness (QED) is 0.530. The summed E-state index contributed by atoms with van der Waals surface area (Å²) in [4.78, 5) is 37.9. The van der Waals surface area contributed by atoms with Crippen LogP contribution in [0.4, 0.5) is 15.9 Å². The average Bonchev–Trinajstić information content (AvgIpc) is 3.02. The van der Waals surface area contributed by atoms with Gasteiger partial charge in [0.05, 0.1) is 21.1 Å². The van der Waals surface area contributed by atoms with Crippen LogP contribution in [0.2, 0.25) is 10.0 Å². The monoisotopic (exact) mass is 477 g/mol. The molecule has 1 spiro atoms. The molecule has 32 heavy (non-hydrogen) atoms. The van der Waals surface area contributed by atoms with E-state index in [0.29, 0.717) is 18.5 Å². The number of amides is 1. The van der Waals surface area contributed by atoms with Crippen LogP contribution in [-0.4, -0.2) is 20.7 Å². The van der Waals surface area contributed by atoms with Gasteiger partial charge in [0.2, 0.25) is 11.7 Å². The molecular formula is C20H14Cl2FN5O4. The fourth-order valence-electron chi connectivity index (χ4n) is 4.03. The molecule has 0 unspecified atom stereocenters. The standard InChI is InChI=1S/C20H14Cl2FN5O4/c21-9-6-8(28-19(31)26-17(29)16(24)27-28)7-10(22)15(9)32-12-3-2-11-13(14(12)23)20(4-1-5-20)18(30)25-11/h2-3,6-7H,1,4-5H2,(H2,24,27)(H,25,30)(H,26,29,31). The molecule has 2 aliphatic rings. The zero-order valence-electron chi connectivity index (χ0n) is 16.2. The van der Waals surface area contributed by atoms with Gasteiger partial charge < -0.3 is 15.8 Å². The maximum Gasteiger partial charge on any atom is 0.349 e. The molecule has 4 N–H and O–H groups in total. The molecule has 0 radical (unpaired) electrons. The number of fused-ring (bicyclic) bond motifs is 2. The van der Waals surface area contributed by atoms with E-state index in [-0.39, 0.29) is 38.7 Å². The molecule has 9 nitrogen and oxygen atoms in total. The Morgan fingerprint density at radius 2 is 1.84 bits per heavy atom. The number of hydrogen-bond donors (Lipinski definition) is 3. The van der Waals surface area contributed by atoms with E-state index in [1.54, 1.807) is 6.07 Å². The van der Waals surface area contributed by atoms with Gasteiger partial charge in [-0.3, -0.25) is 14.6 Å². The van der Waals surface area contributed by atoms with Crippen LogP contribution in [-0.2, 0) is 10.2 Å².